The smallest absolute Gasteiger partial charge is 0.328 e. The maximum Gasteiger partial charge on any atom is 0.328 e. The standard InChI is InChI=1S/C39H64N8O8/c1-12-25(4)34(46(8)38(51)29(23-41-44-40)43-37(50)33(24(2)3)45(6)7)31(53-9)22-32(48)47-20-16-19-30(47)35(54-10)26(5)36(49)42-28(39(52)55-11)21-27-17-14-13-15-18-27/h13-15,17-18,24-26,28-31,33-35H,12,16,19-23H2,1-11H3,(H,42,49)(H,43,50)/t25-,26+,28?,29?,30?,31+,33?,34-,35+/m0/s1. The summed E-state index contributed by atoms with van der Waals surface area (Å²) in [5.74, 6) is -2.95. The van der Waals surface area contributed by atoms with Crippen LogP contribution in [0.4, 0.5) is 0 Å². The summed E-state index contributed by atoms with van der Waals surface area (Å²) in [7, 11) is 9.44. The third kappa shape index (κ3) is 12.9. The van der Waals surface area contributed by atoms with Crippen LogP contribution < -0.4 is 10.6 Å². The molecule has 1 fully saturated rings. The number of esters is 1. The first-order valence-electron chi connectivity index (χ1n) is 19.1. The van der Waals surface area contributed by atoms with Gasteiger partial charge >= 0.3 is 5.97 Å². The topological polar surface area (TPSA) is 196 Å². The zero-order valence-electron chi connectivity index (χ0n) is 34.6. The molecule has 9 atom stereocenters. The van der Waals surface area contributed by atoms with Gasteiger partial charge in [-0.3, -0.25) is 24.1 Å². The molecule has 1 aliphatic heterocycles. The highest BCUT2D eigenvalue weighted by atomic mass is 16.5. The van der Waals surface area contributed by atoms with Gasteiger partial charge in [-0.15, -0.1) is 0 Å². The minimum atomic E-state index is -1.14. The summed E-state index contributed by atoms with van der Waals surface area (Å²) in [6.07, 6.45) is 0.709. The van der Waals surface area contributed by atoms with Crippen molar-refractivity contribution in [3.63, 3.8) is 0 Å². The number of carbonyl (C=O) groups is 5. The quantitative estimate of drug-likeness (QED) is 0.0770. The highest BCUT2D eigenvalue weighted by Gasteiger charge is 2.43. The Hall–Kier alpha value is -4.24. The van der Waals surface area contributed by atoms with Crippen LogP contribution in [0.1, 0.15) is 65.9 Å². The highest BCUT2D eigenvalue weighted by molar-refractivity contribution is 5.90. The van der Waals surface area contributed by atoms with E-state index in [-0.39, 0.29) is 43.0 Å². The lowest BCUT2D eigenvalue weighted by atomic mass is 9.90. The predicted molar refractivity (Wildman–Crippen MR) is 208 cm³/mol. The van der Waals surface area contributed by atoms with Crippen LogP contribution >= 0.6 is 0 Å². The highest BCUT2D eigenvalue weighted by Crippen LogP contribution is 2.29. The van der Waals surface area contributed by atoms with E-state index < -0.39 is 66.1 Å². The van der Waals surface area contributed by atoms with Gasteiger partial charge in [0.15, 0.2) is 0 Å². The molecule has 1 aromatic carbocycles. The molecule has 1 aromatic rings. The molecule has 0 aliphatic carbocycles. The number of rotatable bonds is 22. The number of nitrogens with zero attached hydrogens (tertiary/aromatic N) is 6. The first-order chi connectivity index (χ1) is 26.1. The Morgan fingerprint density at radius 3 is 2.13 bits per heavy atom. The van der Waals surface area contributed by atoms with Gasteiger partial charge < -0.3 is 34.6 Å². The number of hydrogen-bond acceptors (Lipinski definition) is 10. The third-order valence-electron chi connectivity index (χ3n) is 10.7. The minimum Gasteiger partial charge on any atom is -0.467 e. The van der Waals surface area contributed by atoms with Gasteiger partial charge in [0.25, 0.3) is 0 Å². The maximum absolute atomic E-state index is 14.2. The lowest BCUT2D eigenvalue weighted by molar-refractivity contribution is -0.148. The fraction of sp³-hybridized carbons (Fsp3) is 0.718. The molecule has 0 radical (unpaired) electrons. The van der Waals surface area contributed by atoms with Crippen LogP contribution in [0.25, 0.3) is 10.4 Å². The van der Waals surface area contributed by atoms with Crippen molar-refractivity contribution in [1.82, 2.24) is 25.3 Å². The molecule has 0 spiro atoms. The van der Waals surface area contributed by atoms with Crippen LogP contribution in [0.15, 0.2) is 35.4 Å². The fourth-order valence-corrected chi connectivity index (χ4v) is 7.73. The molecule has 1 aliphatic rings. The van der Waals surface area contributed by atoms with Gasteiger partial charge in [-0.05, 0) is 49.9 Å². The van der Waals surface area contributed by atoms with Crippen LogP contribution in [-0.2, 0) is 44.6 Å². The van der Waals surface area contributed by atoms with Crippen LogP contribution in [0.3, 0.4) is 0 Å². The average molecular weight is 773 g/mol. The molecule has 16 nitrogen and oxygen atoms in total. The number of likely N-dealkylation sites (N-methyl/N-ethyl adjacent to an activating group) is 2. The average Bonchev–Trinajstić information content (AvgIpc) is 3.65. The van der Waals surface area contributed by atoms with Crippen molar-refractivity contribution in [2.24, 2.45) is 22.9 Å². The Balaban J connectivity index is 2.30. The minimum absolute atomic E-state index is 0.0550. The van der Waals surface area contributed by atoms with Gasteiger partial charge in [-0.25, -0.2) is 4.79 Å². The summed E-state index contributed by atoms with van der Waals surface area (Å²) in [6.45, 7) is 9.62. The van der Waals surface area contributed by atoms with E-state index in [1.165, 1.54) is 26.2 Å². The van der Waals surface area contributed by atoms with Crippen molar-refractivity contribution in [3.8, 4) is 0 Å². The molecule has 1 heterocycles. The number of nitrogens with one attached hydrogen (secondary N) is 2. The molecule has 55 heavy (non-hydrogen) atoms. The van der Waals surface area contributed by atoms with E-state index in [1.807, 2.05) is 58.0 Å². The second kappa shape index (κ2) is 23.0. The van der Waals surface area contributed by atoms with Gasteiger partial charge in [-0.2, -0.15) is 0 Å². The van der Waals surface area contributed by atoms with Gasteiger partial charge in [0.1, 0.15) is 12.1 Å². The lowest BCUT2D eigenvalue weighted by Crippen LogP contribution is -2.59. The molecule has 2 rings (SSSR count). The molecular formula is C39H64N8O8. The van der Waals surface area contributed by atoms with Crippen molar-refractivity contribution in [1.29, 1.82) is 0 Å². The van der Waals surface area contributed by atoms with Crippen molar-refractivity contribution < 1.29 is 38.2 Å². The van der Waals surface area contributed by atoms with E-state index in [9.17, 15) is 24.0 Å². The van der Waals surface area contributed by atoms with Crippen LogP contribution in [0.5, 0.6) is 0 Å². The first-order valence-corrected chi connectivity index (χ1v) is 19.1. The molecule has 2 N–H and O–H groups in total. The number of amides is 4. The Kier molecular flexibility index (Phi) is 19.6. The fourth-order valence-electron chi connectivity index (χ4n) is 7.73. The zero-order valence-corrected chi connectivity index (χ0v) is 34.6. The van der Waals surface area contributed by atoms with Crippen LogP contribution in [0, 0.1) is 17.8 Å². The zero-order chi connectivity index (χ0) is 41.4. The summed E-state index contributed by atoms with van der Waals surface area (Å²) in [6, 6.07) is 5.71. The van der Waals surface area contributed by atoms with E-state index in [1.54, 1.807) is 37.9 Å². The summed E-state index contributed by atoms with van der Waals surface area (Å²) in [5, 5.41) is 9.26. The number of ether oxygens (including phenoxy) is 3. The monoisotopic (exact) mass is 772 g/mol. The van der Waals surface area contributed by atoms with Crippen LogP contribution in [0.2, 0.25) is 0 Å². The second-order valence-corrected chi connectivity index (χ2v) is 15.0. The maximum atomic E-state index is 14.2. The molecule has 4 unspecified atom stereocenters. The molecule has 0 aromatic heterocycles. The summed E-state index contributed by atoms with van der Waals surface area (Å²) in [4.78, 5) is 75.8. The molecule has 0 saturated carbocycles. The second-order valence-electron chi connectivity index (χ2n) is 15.0. The number of azide groups is 1. The number of benzene rings is 1. The van der Waals surface area contributed by atoms with Crippen molar-refractivity contribution >= 4 is 29.6 Å². The molecule has 4 amide bonds. The normalized spacial score (nSPS) is 18.6. The van der Waals surface area contributed by atoms with E-state index in [2.05, 4.69) is 20.7 Å². The van der Waals surface area contributed by atoms with Crippen molar-refractivity contribution in [2.45, 2.75) is 109 Å². The van der Waals surface area contributed by atoms with E-state index in [0.29, 0.717) is 25.8 Å². The third-order valence-corrected chi connectivity index (χ3v) is 10.7. The Morgan fingerprint density at radius 1 is 0.964 bits per heavy atom. The number of likely N-dealkylation sites (tertiary alicyclic amines) is 1. The number of carbonyl (C=O) groups excluding carboxylic acids is 5. The SMILES string of the molecule is CC[C@H](C)[C@@H]([C@@H](CC(=O)N1CCCC1[C@H](OC)[C@@H](C)C(=O)NC(Cc1ccccc1)C(=O)OC)OC)N(C)C(=O)C(CN=[N+]=[N-])NC(=O)C(C(C)C)N(C)C. The summed E-state index contributed by atoms with van der Waals surface area (Å²) < 4.78 is 16.8. The van der Waals surface area contributed by atoms with Gasteiger partial charge in [0.2, 0.25) is 23.6 Å². The van der Waals surface area contributed by atoms with Gasteiger partial charge in [-0.1, -0.05) is 76.5 Å². The molecule has 0 bridgehead atoms. The molecule has 16 heteroatoms. The van der Waals surface area contributed by atoms with E-state index in [4.69, 9.17) is 19.7 Å². The number of methoxy groups -OCH3 is 3. The molecule has 308 valence electrons. The largest absolute Gasteiger partial charge is 0.467 e. The summed E-state index contributed by atoms with van der Waals surface area (Å²) >= 11 is 0. The van der Waals surface area contributed by atoms with Gasteiger partial charge in [0.05, 0.1) is 56.3 Å². The van der Waals surface area contributed by atoms with E-state index in [0.717, 1.165) is 5.56 Å². The van der Waals surface area contributed by atoms with Gasteiger partial charge in [0, 0.05) is 39.1 Å². The van der Waals surface area contributed by atoms with Crippen molar-refractivity contribution in [2.75, 3.05) is 55.6 Å². The number of hydrogen-bond donors (Lipinski definition) is 2. The summed E-state index contributed by atoms with van der Waals surface area (Å²) in [5.41, 5.74) is 9.95. The predicted octanol–water partition coefficient (Wildman–Crippen LogP) is 3.19. The molecular weight excluding hydrogens is 708 g/mol. The van der Waals surface area contributed by atoms with E-state index >= 15 is 0 Å². The van der Waals surface area contributed by atoms with Crippen LogP contribution in [-0.4, -0.2) is 142 Å². The Morgan fingerprint density at radius 2 is 1.60 bits per heavy atom. The Bertz CT molecular complexity index is 1450. The lowest BCUT2D eigenvalue weighted by Gasteiger charge is -2.40. The Labute approximate surface area is 326 Å². The first kappa shape index (κ1) is 46.9. The van der Waals surface area contributed by atoms with Crippen molar-refractivity contribution in [3.05, 3.63) is 46.3 Å². The molecule has 1 saturated heterocycles.